The molecule has 0 fully saturated rings. The van der Waals surface area contributed by atoms with Gasteiger partial charge in [0.1, 0.15) is 11.2 Å². The van der Waals surface area contributed by atoms with Crippen molar-refractivity contribution in [3.8, 4) is 0 Å². The molecule has 0 spiro atoms. The molecule has 0 atom stereocenters. The van der Waals surface area contributed by atoms with Gasteiger partial charge in [-0.25, -0.2) is 0 Å². The summed E-state index contributed by atoms with van der Waals surface area (Å²) in [6.07, 6.45) is 10.9. The van der Waals surface area contributed by atoms with E-state index >= 15 is 0 Å². The van der Waals surface area contributed by atoms with Gasteiger partial charge in [-0.3, -0.25) is 0 Å². The molecule has 1 aromatic heterocycles. The van der Waals surface area contributed by atoms with Crippen LogP contribution in [-0.2, 0) is 6.54 Å². The molecule has 3 aromatic rings. The fourth-order valence-electron chi connectivity index (χ4n) is 3.66. The third kappa shape index (κ3) is 4.05. The number of hydrogen-bond donors (Lipinski definition) is 0. The molecule has 0 aliphatic carbocycles. The fraction of sp³-hybridized carbons (Fsp3) is 0.240. The number of fused-ring (bicyclic) bond motifs is 2. The van der Waals surface area contributed by atoms with Gasteiger partial charge < -0.3 is 4.90 Å². The maximum absolute atomic E-state index is 2.39. The van der Waals surface area contributed by atoms with E-state index in [1.165, 1.54) is 42.0 Å². The fourth-order valence-corrected chi connectivity index (χ4v) is 5.90. The summed E-state index contributed by atoms with van der Waals surface area (Å²) in [5.74, 6) is 0. The first-order valence-corrected chi connectivity index (χ1v) is 11.8. The normalized spacial score (nSPS) is 15.4. The van der Waals surface area contributed by atoms with Crippen molar-refractivity contribution in [3.63, 3.8) is 0 Å². The lowest BCUT2D eigenvalue weighted by Crippen LogP contribution is -2.33. The smallest absolute Gasteiger partial charge is 0.262 e. The van der Waals surface area contributed by atoms with E-state index in [1.807, 2.05) is 23.1 Å². The van der Waals surface area contributed by atoms with Crippen molar-refractivity contribution in [3.05, 3.63) is 81.9 Å². The summed E-state index contributed by atoms with van der Waals surface area (Å²) in [6, 6.07) is 13.4. The molecule has 2 heterocycles. The zero-order valence-corrected chi connectivity index (χ0v) is 19.1. The first-order chi connectivity index (χ1) is 14.1. The quantitative estimate of drug-likeness (QED) is 0.329. The number of benzene rings is 2. The maximum atomic E-state index is 2.39. The molecule has 0 bridgehead atoms. The highest BCUT2D eigenvalue weighted by Crippen LogP contribution is 2.46. The molecule has 0 radical (unpaired) electrons. The molecular weight excluding hydrogens is 392 g/mol. The lowest BCUT2D eigenvalue weighted by Gasteiger charge is -2.17. The van der Waals surface area contributed by atoms with Gasteiger partial charge in [-0.1, -0.05) is 53.5 Å². The van der Waals surface area contributed by atoms with Crippen LogP contribution >= 0.6 is 23.1 Å². The number of thioether (sulfide) groups is 1. The van der Waals surface area contributed by atoms with Crippen LogP contribution in [0.5, 0.6) is 0 Å². The second kappa shape index (κ2) is 8.60. The number of nitrogens with zero attached hydrogens (tertiary/aromatic N) is 2. The van der Waals surface area contributed by atoms with Crippen molar-refractivity contribution >= 4 is 45.1 Å². The Labute approximate surface area is 181 Å². The zero-order chi connectivity index (χ0) is 20.4. The largest absolute Gasteiger partial charge is 0.335 e. The van der Waals surface area contributed by atoms with Crippen LogP contribution in [0.2, 0.25) is 0 Å². The summed E-state index contributed by atoms with van der Waals surface area (Å²) in [4.78, 5) is 3.73. The molecule has 0 saturated heterocycles. The van der Waals surface area contributed by atoms with Crippen molar-refractivity contribution in [1.29, 1.82) is 0 Å². The number of aromatic nitrogens is 1. The Balaban J connectivity index is 1.52. The SMILES string of the molecule is CCN1/C(=C/C=C/C=C/c2sc3ccc(C)cc3[n+]2CC)Sc2ccc(C)cc21. The summed E-state index contributed by atoms with van der Waals surface area (Å²) < 4.78 is 3.73. The predicted octanol–water partition coefficient (Wildman–Crippen LogP) is 6.87. The highest BCUT2D eigenvalue weighted by Gasteiger charge is 2.23. The Hall–Kier alpha value is -2.30. The summed E-state index contributed by atoms with van der Waals surface area (Å²) >= 11 is 3.70. The van der Waals surface area contributed by atoms with E-state index in [-0.39, 0.29) is 0 Å². The number of allylic oxidation sites excluding steroid dienone is 4. The van der Waals surface area contributed by atoms with E-state index in [0.717, 1.165) is 13.1 Å². The van der Waals surface area contributed by atoms with Crippen molar-refractivity contribution in [2.24, 2.45) is 0 Å². The van der Waals surface area contributed by atoms with Crippen LogP contribution in [0.15, 0.2) is 70.6 Å². The molecule has 2 nitrogen and oxygen atoms in total. The molecule has 29 heavy (non-hydrogen) atoms. The predicted molar refractivity (Wildman–Crippen MR) is 129 cm³/mol. The molecule has 4 heteroatoms. The van der Waals surface area contributed by atoms with Crippen molar-refractivity contribution in [1.82, 2.24) is 0 Å². The third-order valence-electron chi connectivity index (χ3n) is 5.10. The van der Waals surface area contributed by atoms with Crippen molar-refractivity contribution in [2.45, 2.75) is 39.1 Å². The summed E-state index contributed by atoms with van der Waals surface area (Å²) in [7, 11) is 0. The molecule has 148 valence electrons. The second-order valence-corrected chi connectivity index (χ2v) is 9.35. The van der Waals surface area contributed by atoms with Crippen LogP contribution in [-0.4, -0.2) is 6.54 Å². The van der Waals surface area contributed by atoms with Gasteiger partial charge in [-0.2, -0.15) is 4.57 Å². The molecule has 0 amide bonds. The van der Waals surface area contributed by atoms with Gasteiger partial charge in [-0.05, 0) is 63.1 Å². The first kappa shape index (κ1) is 20.0. The minimum absolute atomic E-state index is 0.983. The average Bonchev–Trinajstić information content (AvgIpc) is 3.23. The zero-order valence-electron chi connectivity index (χ0n) is 17.5. The maximum Gasteiger partial charge on any atom is 0.262 e. The standard InChI is InChI=1S/C25H27N2S2/c1-5-26-20-16-18(3)12-14-22(20)28-24(26)10-8-7-9-11-25-27(6-2)21-17-19(4)13-15-23(21)29-25/h7-17H,5-6H2,1-4H3/q+1. The van der Waals surface area contributed by atoms with Gasteiger partial charge in [0.05, 0.1) is 10.7 Å². The van der Waals surface area contributed by atoms with E-state index in [2.05, 4.69) is 104 Å². The molecule has 1 aliphatic heterocycles. The Bertz CT molecular complexity index is 1140. The molecule has 4 rings (SSSR count). The Kier molecular flexibility index (Phi) is 5.93. The van der Waals surface area contributed by atoms with Gasteiger partial charge in [0, 0.05) is 23.6 Å². The van der Waals surface area contributed by atoms with E-state index in [1.54, 1.807) is 0 Å². The van der Waals surface area contributed by atoms with E-state index in [4.69, 9.17) is 0 Å². The number of hydrogen-bond acceptors (Lipinski definition) is 3. The Morgan fingerprint density at radius 2 is 1.76 bits per heavy atom. The summed E-state index contributed by atoms with van der Waals surface area (Å²) in [5, 5.41) is 2.58. The van der Waals surface area contributed by atoms with Crippen LogP contribution in [0, 0.1) is 13.8 Å². The highest BCUT2D eigenvalue weighted by atomic mass is 32.2. The minimum atomic E-state index is 0.983. The van der Waals surface area contributed by atoms with Gasteiger partial charge in [0.2, 0.25) is 5.52 Å². The van der Waals surface area contributed by atoms with Crippen LogP contribution in [0.1, 0.15) is 30.0 Å². The summed E-state index contributed by atoms with van der Waals surface area (Å²) in [5.41, 5.74) is 5.28. The van der Waals surface area contributed by atoms with Gasteiger partial charge in [0.15, 0.2) is 0 Å². The molecule has 0 unspecified atom stereocenters. The number of thiazole rings is 1. The monoisotopic (exact) mass is 419 g/mol. The van der Waals surface area contributed by atoms with Crippen molar-refractivity contribution < 1.29 is 4.57 Å². The molecule has 1 aliphatic rings. The number of anilines is 1. The van der Waals surface area contributed by atoms with Gasteiger partial charge >= 0.3 is 0 Å². The lowest BCUT2D eigenvalue weighted by molar-refractivity contribution is -0.665. The van der Waals surface area contributed by atoms with Crippen LogP contribution < -0.4 is 9.47 Å². The third-order valence-corrected chi connectivity index (χ3v) is 7.37. The van der Waals surface area contributed by atoms with Gasteiger partial charge in [0.25, 0.3) is 5.01 Å². The van der Waals surface area contributed by atoms with E-state index in [0.29, 0.717) is 0 Å². The Morgan fingerprint density at radius 1 is 0.966 bits per heavy atom. The minimum Gasteiger partial charge on any atom is -0.335 e. The van der Waals surface area contributed by atoms with Gasteiger partial charge in [-0.15, -0.1) is 0 Å². The molecule has 0 saturated carbocycles. The lowest BCUT2D eigenvalue weighted by atomic mass is 10.2. The molecule has 2 aromatic carbocycles. The topological polar surface area (TPSA) is 7.12 Å². The Morgan fingerprint density at radius 3 is 2.55 bits per heavy atom. The van der Waals surface area contributed by atoms with Crippen molar-refractivity contribution in [2.75, 3.05) is 11.4 Å². The van der Waals surface area contributed by atoms with E-state index in [9.17, 15) is 0 Å². The first-order valence-electron chi connectivity index (χ1n) is 10.1. The van der Waals surface area contributed by atoms with Crippen LogP contribution in [0.3, 0.4) is 0 Å². The van der Waals surface area contributed by atoms with Crippen LogP contribution in [0.25, 0.3) is 16.3 Å². The summed E-state index contributed by atoms with van der Waals surface area (Å²) in [6.45, 7) is 10.7. The second-order valence-electron chi connectivity index (χ2n) is 7.22. The van der Waals surface area contributed by atoms with Crippen LogP contribution in [0.4, 0.5) is 5.69 Å². The highest BCUT2D eigenvalue weighted by molar-refractivity contribution is 8.03. The number of rotatable bonds is 5. The molecular formula is C25H27N2S2+. The van der Waals surface area contributed by atoms with E-state index < -0.39 is 0 Å². The average molecular weight is 420 g/mol. The number of aryl methyl sites for hydroxylation is 3. The molecule has 0 N–H and O–H groups in total.